The van der Waals surface area contributed by atoms with Gasteiger partial charge < -0.3 is 4.98 Å². The molecule has 1 N–H and O–H groups in total. The SMILES string of the molecule is O=Cc1c[nH]c(-c2cccs2)c1. The van der Waals surface area contributed by atoms with Crippen molar-refractivity contribution in [1.82, 2.24) is 4.98 Å². The number of rotatable bonds is 2. The molecule has 0 aliphatic heterocycles. The van der Waals surface area contributed by atoms with Crippen molar-refractivity contribution < 1.29 is 4.79 Å². The van der Waals surface area contributed by atoms with Gasteiger partial charge in [-0.2, -0.15) is 0 Å². The van der Waals surface area contributed by atoms with Crippen molar-refractivity contribution in [3.63, 3.8) is 0 Å². The number of thiophene rings is 1. The standard InChI is InChI=1S/C9H7NOS/c11-6-7-4-8(10-5-7)9-2-1-3-12-9/h1-6,10H. The van der Waals surface area contributed by atoms with Crippen LogP contribution in [0, 0.1) is 0 Å². The van der Waals surface area contributed by atoms with E-state index < -0.39 is 0 Å². The molecule has 0 unspecified atom stereocenters. The van der Waals surface area contributed by atoms with Crippen LogP contribution in [0.25, 0.3) is 10.6 Å². The lowest BCUT2D eigenvalue weighted by Gasteiger charge is -1.87. The second kappa shape index (κ2) is 2.95. The molecule has 2 aromatic heterocycles. The molecule has 60 valence electrons. The van der Waals surface area contributed by atoms with Gasteiger partial charge in [0.15, 0.2) is 6.29 Å². The molecule has 0 amide bonds. The fourth-order valence-corrected chi connectivity index (χ4v) is 1.76. The van der Waals surface area contributed by atoms with Gasteiger partial charge in [0, 0.05) is 11.8 Å². The van der Waals surface area contributed by atoms with E-state index in [4.69, 9.17) is 0 Å². The first-order valence-electron chi connectivity index (χ1n) is 3.57. The molecule has 0 saturated heterocycles. The average Bonchev–Trinajstić information content (AvgIpc) is 2.75. The lowest BCUT2D eigenvalue weighted by Crippen LogP contribution is -1.67. The molecule has 2 nitrogen and oxygen atoms in total. The van der Waals surface area contributed by atoms with Crippen molar-refractivity contribution in [3.05, 3.63) is 35.3 Å². The van der Waals surface area contributed by atoms with Crippen LogP contribution in [0.5, 0.6) is 0 Å². The molecule has 0 aliphatic carbocycles. The van der Waals surface area contributed by atoms with Crippen LogP contribution in [0.3, 0.4) is 0 Å². The Morgan fingerprint density at radius 1 is 1.50 bits per heavy atom. The number of nitrogens with one attached hydrogen (secondary N) is 1. The van der Waals surface area contributed by atoms with E-state index in [1.165, 1.54) is 0 Å². The molecule has 3 heteroatoms. The highest BCUT2D eigenvalue weighted by Crippen LogP contribution is 2.23. The molecule has 0 spiro atoms. The van der Waals surface area contributed by atoms with E-state index in [0.29, 0.717) is 5.56 Å². The van der Waals surface area contributed by atoms with Crippen LogP contribution in [-0.4, -0.2) is 11.3 Å². The fraction of sp³-hybridized carbons (Fsp3) is 0. The van der Waals surface area contributed by atoms with Gasteiger partial charge in [0.1, 0.15) is 0 Å². The van der Waals surface area contributed by atoms with E-state index in [1.807, 2.05) is 23.6 Å². The lowest BCUT2D eigenvalue weighted by atomic mass is 10.3. The summed E-state index contributed by atoms with van der Waals surface area (Å²) in [5.74, 6) is 0. The average molecular weight is 177 g/mol. The number of aldehydes is 1. The van der Waals surface area contributed by atoms with Crippen LogP contribution in [0.1, 0.15) is 10.4 Å². The van der Waals surface area contributed by atoms with Crippen LogP contribution in [-0.2, 0) is 0 Å². The molecule has 0 fully saturated rings. The van der Waals surface area contributed by atoms with Gasteiger partial charge in [-0.15, -0.1) is 11.3 Å². The monoisotopic (exact) mass is 177 g/mol. The number of carbonyl (C=O) groups excluding carboxylic acids is 1. The quantitative estimate of drug-likeness (QED) is 0.702. The van der Waals surface area contributed by atoms with Crippen molar-refractivity contribution in [1.29, 1.82) is 0 Å². The van der Waals surface area contributed by atoms with Gasteiger partial charge in [-0.25, -0.2) is 0 Å². The molecular weight excluding hydrogens is 170 g/mol. The third kappa shape index (κ3) is 1.19. The molecule has 0 bridgehead atoms. The first-order valence-corrected chi connectivity index (χ1v) is 4.45. The van der Waals surface area contributed by atoms with Gasteiger partial charge in [0.25, 0.3) is 0 Å². The van der Waals surface area contributed by atoms with Crippen LogP contribution in [0.2, 0.25) is 0 Å². The van der Waals surface area contributed by atoms with Crippen molar-refractivity contribution in [2.45, 2.75) is 0 Å². The van der Waals surface area contributed by atoms with Crippen LogP contribution in [0.15, 0.2) is 29.8 Å². The summed E-state index contributed by atoms with van der Waals surface area (Å²) in [6.45, 7) is 0. The molecule has 0 saturated carbocycles. The van der Waals surface area contributed by atoms with E-state index >= 15 is 0 Å². The molecule has 0 aromatic carbocycles. The van der Waals surface area contributed by atoms with E-state index in [0.717, 1.165) is 16.9 Å². The predicted octanol–water partition coefficient (Wildman–Crippen LogP) is 2.56. The van der Waals surface area contributed by atoms with E-state index in [-0.39, 0.29) is 0 Å². The van der Waals surface area contributed by atoms with Gasteiger partial charge in [-0.05, 0) is 17.5 Å². The molecule has 2 aromatic rings. The summed E-state index contributed by atoms with van der Waals surface area (Å²) in [6.07, 6.45) is 2.55. The number of aromatic nitrogens is 1. The smallest absolute Gasteiger partial charge is 0.151 e. The summed E-state index contributed by atoms with van der Waals surface area (Å²) in [7, 11) is 0. The Hall–Kier alpha value is -1.35. The summed E-state index contributed by atoms with van der Waals surface area (Å²) in [5.41, 5.74) is 1.70. The maximum atomic E-state index is 10.4. The number of aromatic amines is 1. The van der Waals surface area contributed by atoms with Crippen molar-refractivity contribution in [2.24, 2.45) is 0 Å². The molecule has 0 atom stereocenters. The maximum Gasteiger partial charge on any atom is 0.151 e. The van der Waals surface area contributed by atoms with Gasteiger partial charge in [0.2, 0.25) is 0 Å². The summed E-state index contributed by atoms with van der Waals surface area (Å²) >= 11 is 1.65. The molecular formula is C9H7NOS. The van der Waals surface area contributed by atoms with Crippen molar-refractivity contribution in [2.75, 3.05) is 0 Å². The number of hydrogen-bond donors (Lipinski definition) is 1. The first kappa shape index (κ1) is 7.31. The summed E-state index contributed by atoms with van der Waals surface area (Å²) < 4.78 is 0. The van der Waals surface area contributed by atoms with Gasteiger partial charge in [-0.1, -0.05) is 6.07 Å². The highest BCUT2D eigenvalue weighted by molar-refractivity contribution is 7.13. The predicted molar refractivity (Wildman–Crippen MR) is 49.5 cm³/mol. The van der Waals surface area contributed by atoms with Crippen LogP contribution in [0.4, 0.5) is 0 Å². The minimum Gasteiger partial charge on any atom is -0.360 e. The number of H-pyrrole nitrogens is 1. The lowest BCUT2D eigenvalue weighted by molar-refractivity contribution is 0.112. The summed E-state index contributed by atoms with van der Waals surface area (Å²) in [4.78, 5) is 14.6. The topological polar surface area (TPSA) is 32.9 Å². The molecule has 0 radical (unpaired) electrons. The zero-order valence-electron chi connectivity index (χ0n) is 6.28. The first-order chi connectivity index (χ1) is 5.90. The minimum absolute atomic E-state index is 0.693. The molecule has 12 heavy (non-hydrogen) atoms. The molecule has 2 rings (SSSR count). The van der Waals surface area contributed by atoms with Gasteiger partial charge in [0.05, 0.1) is 10.6 Å². The zero-order chi connectivity index (χ0) is 8.39. The Kier molecular flexibility index (Phi) is 1.80. The van der Waals surface area contributed by atoms with Crippen LogP contribution < -0.4 is 0 Å². The van der Waals surface area contributed by atoms with Gasteiger partial charge in [-0.3, -0.25) is 4.79 Å². The zero-order valence-corrected chi connectivity index (χ0v) is 7.10. The number of hydrogen-bond acceptors (Lipinski definition) is 2. The van der Waals surface area contributed by atoms with E-state index in [1.54, 1.807) is 17.5 Å². The number of carbonyl (C=O) groups is 1. The highest BCUT2D eigenvalue weighted by atomic mass is 32.1. The second-order valence-electron chi connectivity index (χ2n) is 2.44. The normalized spacial score (nSPS) is 10.0. The summed E-state index contributed by atoms with van der Waals surface area (Å²) in [6, 6.07) is 5.85. The largest absolute Gasteiger partial charge is 0.360 e. The third-order valence-electron chi connectivity index (χ3n) is 1.63. The fourth-order valence-electron chi connectivity index (χ4n) is 1.05. The van der Waals surface area contributed by atoms with E-state index in [9.17, 15) is 4.79 Å². The third-order valence-corrected chi connectivity index (χ3v) is 2.53. The minimum atomic E-state index is 0.693. The van der Waals surface area contributed by atoms with Gasteiger partial charge >= 0.3 is 0 Å². The molecule has 0 aliphatic rings. The molecule has 2 heterocycles. The van der Waals surface area contributed by atoms with Crippen molar-refractivity contribution >= 4 is 17.6 Å². The second-order valence-corrected chi connectivity index (χ2v) is 3.39. The highest BCUT2D eigenvalue weighted by Gasteiger charge is 2.00. The Labute approximate surface area is 73.9 Å². The Morgan fingerprint density at radius 2 is 2.42 bits per heavy atom. The Bertz CT molecular complexity index is 375. The van der Waals surface area contributed by atoms with Crippen molar-refractivity contribution in [3.8, 4) is 10.6 Å². The van der Waals surface area contributed by atoms with E-state index in [2.05, 4.69) is 4.98 Å². The maximum absolute atomic E-state index is 10.4. The Morgan fingerprint density at radius 3 is 3.00 bits per heavy atom. The Balaban J connectivity index is 2.41. The van der Waals surface area contributed by atoms with Crippen LogP contribution >= 0.6 is 11.3 Å². The summed E-state index contributed by atoms with van der Waals surface area (Å²) in [5, 5.41) is 2.01.